The monoisotopic (exact) mass is 244 g/mol. The molecule has 0 aliphatic heterocycles. The summed E-state index contributed by atoms with van der Waals surface area (Å²) in [6, 6.07) is 3.83. The first kappa shape index (κ1) is 12.5. The zero-order valence-corrected chi connectivity index (χ0v) is 10.7. The van der Waals surface area contributed by atoms with Crippen molar-refractivity contribution in [3.63, 3.8) is 0 Å². The summed E-state index contributed by atoms with van der Waals surface area (Å²) in [6.45, 7) is 3.98. The van der Waals surface area contributed by atoms with E-state index < -0.39 is 6.10 Å². The van der Waals surface area contributed by atoms with Crippen LogP contribution in [0.4, 0.5) is 0 Å². The summed E-state index contributed by atoms with van der Waals surface area (Å²) in [5.74, 6) is 0.702. The van der Waals surface area contributed by atoms with Crippen LogP contribution in [0.25, 0.3) is 0 Å². The fraction of sp³-hybridized carbons (Fsp3) is 0.286. The summed E-state index contributed by atoms with van der Waals surface area (Å²) < 4.78 is 5.39. The molecule has 4 nitrogen and oxygen atoms in total. The topological polar surface area (TPSA) is 55.2 Å². The van der Waals surface area contributed by atoms with Crippen molar-refractivity contribution in [3.05, 3.63) is 53.1 Å². The first-order chi connectivity index (χ1) is 8.65. The van der Waals surface area contributed by atoms with Gasteiger partial charge in [0, 0.05) is 18.0 Å². The predicted octanol–water partition coefficient (Wildman–Crippen LogP) is 2.18. The fourth-order valence-corrected chi connectivity index (χ4v) is 1.91. The second-order valence-corrected chi connectivity index (χ2v) is 4.16. The molecule has 4 heteroatoms. The predicted molar refractivity (Wildman–Crippen MR) is 68.6 cm³/mol. The Morgan fingerprint density at radius 2 is 2.00 bits per heavy atom. The van der Waals surface area contributed by atoms with Gasteiger partial charge in [-0.3, -0.25) is 9.97 Å². The van der Waals surface area contributed by atoms with Crippen molar-refractivity contribution in [1.82, 2.24) is 9.97 Å². The van der Waals surface area contributed by atoms with Crippen LogP contribution in [0.15, 0.2) is 30.7 Å². The lowest BCUT2D eigenvalue weighted by molar-refractivity contribution is 0.209. The number of rotatable bonds is 3. The van der Waals surface area contributed by atoms with E-state index in [1.807, 2.05) is 26.0 Å². The number of aromatic nitrogens is 2. The van der Waals surface area contributed by atoms with Gasteiger partial charge in [-0.2, -0.15) is 0 Å². The molecular formula is C14H16N2O2. The minimum Gasteiger partial charge on any atom is -0.496 e. The zero-order valence-electron chi connectivity index (χ0n) is 10.7. The van der Waals surface area contributed by atoms with Crippen molar-refractivity contribution in [2.24, 2.45) is 0 Å². The lowest BCUT2D eigenvalue weighted by Gasteiger charge is -2.17. The number of hydrogen-bond acceptors (Lipinski definition) is 4. The maximum atomic E-state index is 10.3. The van der Waals surface area contributed by atoms with E-state index in [4.69, 9.17) is 4.74 Å². The van der Waals surface area contributed by atoms with Gasteiger partial charge < -0.3 is 9.84 Å². The molecule has 0 aliphatic carbocycles. The van der Waals surface area contributed by atoms with E-state index in [-0.39, 0.29) is 0 Å². The molecule has 2 aromatic rings. The van der Waals surface area contributed by atoms with Gasteiger partial charge >= 0.3 is 0 Å². The van der Waals surface area contributed by atoms with Gasteiger partial charge in [-0.1, -0.05) is 12.1 Å². The molecule has 2 rings (SSSR count). The van der Waals surface area contributed by atoms with Gasteiger partial charge in [0.05, 0.1) is 19.0 Å². The van der Waals surface area contributed by atoms with Gasteiger partial charge in [0.15, 0.2) is 0 Å². The highest BCUT2D eigenvalue weighted by Gasteiger charge is 2.18. The van der Waals surface area contributed by atoms with Crippen molar-refractivity contribution in [2.45, 2.75) is 20.0 Å². The van der Waals surface area contributed by atoms with Gasteiger partial charge in [0.2, 0.25) is 0 Å². The van der Waals surface area contributed by atoms with Crippen LogP contribution < -0.4 is 4.74 Å². The van der Waals surface area contributed by atoms with Gasteiger partial charge in [-0.05, 0) is 25.0 Å². The highest BCUT2D eigenvalue weighted by atomic mass is 16.5. The number of methoxy groups -OCH3 is 1. The minimum atomic E-state index is -0.826. The van der Waals surface area contributed by atoms with Crippen molar-refractivity contribution in [1.29, 1.82) is 0 Å². The van der Waals surface area contributed by atoms with Crippen molar-refractivity contribution in [2.75, 3.05) is 7.11 Å². The van der Waals surface area contributed by atoms with Gasteiger partial charge in [-0.25, -0.2) is 0 Å². The third-order valence-corrected chi connectivity index (χ3v) is 3.07. The van der Waals surface area contributed by atoms with Crippen molar-refractivity contribution < 1.29 is 9.84 Å². The Morgan fingerprint density at radius 3 is 2.61 bits per heavy atom. The van der Waals surface area contributed by atoms with Gasteiger partial charge in [0.25, 0.3) is 0 Å². The van der Waals surface area contributed by atoms with E-state index in [0.717, 1.165) is 11.1 Å². The average molecular weight is 244 g/mol. The van der Waals surface area contributed by atoms with Crippen molar-refractivity contribution >= 4 is 0 Å². The van der Waals surface area contributed by atoms with Crippen LogP contribution >= 0.6 is 0 Å². The molecule has 94 valence electrons. The molecule has 0 spiro atoms. The van der Waals surface area contributed by atoms with Crippen LogP contribution in [-0.4, -0.2) is 22.2 Å². The molecule has 0 amide bonds. The van der Waals surface area contributed by atoms with E-state index in [9.17, 15) is 5.11 Å². The van der Waals surface area contributed by atoms with Crippen LogP contribution in [0.5, 0.6) is 5.75 Å². The number of hydrogen-bond donors (Lipinski definition) is 1. The molecule has 1 N–H and O–H groups in total. The maximum Gasteiger partial charge on any atom is 0.128 e. The summed E-state index contributed by atoms with van der Waals surface area (Å²) in [6.07, 6.45) is 3.87. The maximum absolute atomic E-state index is 10.3. The van der Waals surface area contributed by atoms with Gasteiger partial charge in [-0.15, -0.1) is 0 Å². The van der Waals surface area contributed by atoms with Crippen LogP contribution in [-0.2, 0) is 0 Å². The lowest BCUT2D eigenvalue weighted by atomic mass is 9.99. The summed E-state index contributed by atoms with van der Waals surface area (Å²) in [5, 5.41) is 10.3. The standard InChI is InChI=1S/C14H16N2O2/c1-9-4-5-11(14(18-3)10(9)2)13(17)12-8-15-6-7-16-12/h4-8,13,17H,1-3H3. The Morgan fingerprint density at radius 1 is 1.22 bits per heavy atom. The highest BCUT2D eigenvalue weighted by Crippen LogP contribution is 2.33. The molecule has 1 atom stereocenters. The molecule has 1 unspecified atom stereocenters. The normalized spacial score (nSPS) is 12.2. The Balaban J connectivity index is 2.49. The number of ether oxygens (including phenoxy) is 1. The third-order valence-electron chi connectivity index (χ3n) is 3.07. The van der Waals surface area contributed by atoms with E-state index in [1.54, 1.807) is 25.7 Å². The Labute approximate surface area is 106 Å². The number of benzene rings is 1. The molecule has 0 saturated carbocycles. The molecule has 18 heavy (non-hydrogen) atoms. The summed E-state index contributed by atoms with van der Waals surface area (Å²) in [7, 11) is 1.61. The molecule has 0 fully saturated rings. The lowest BCUT2D eigenvalue weighted by Crippen LogP contribution is -2.06. The van der Waals surface area contributed by atoms with Crippen LogP contribution in [0.3, 0.4) is 0 Å². The first-order valence-electron chi connectivity index (χ1n) is 5.73. The molecule has 0 saturated heterocycles. The smallest absolute Gasteiger partial charge is 0.128 e. The second-order valence-electron chi connectivity index (χ2n) is 4.16. The fourth-order valence-electron chi connectivity index (χ4n) is 1.91. The minimum absolute atomic E-state index is 0.513. The van der Waals surface area contributed by atoms with Crippen LogP contribution in [0, 0.1) is 13.8 Å². The molecular weight excluding hydrogens is 228 g/mol. The summed E-state index contributed by atoms with van der Waals surface area (Å²) >= 11 is 0. The second kappa shape index (κ2) is 5.14. The summed E-state index contributed by atoms with van der Waals surface area (Å²) in [5.41, 5.74) is 3.38. The molecule has 1 aromatic heterocycles. The van der Waals surface area contributed by atoms with Crippen LogP contribution in [0.2, 0.25) is 0 Å². The highest BCUT2D eigenvalue weighted by molar-refractivity contribution is 5.47. The largest absolute Gasteiger partial charge is 0.496 e. The van der Waals surface area contributed by atoms with E-state index >= 15 is 0 Å². The van der Waals surface area contributed by atoms with E-state index in [2.05, 4.69) is 9.97 Å². The van der Waals surface area contributed by atoms with E-state index in [0.29, 0.717) is 17.0 Å². The Kier molecular flexibility index (Phi) is 3.58. The zero-order chi connectivity index (χ0) is 13.1. The molecule has 0 aliphatic rings. The number of aliphatic hydroxyl groups excluding tert-OH is 1. The first-order valence-corrected chi connectivity index (χ1v) is 5.73. The SMILES string of the molecule is COc1c(C(O)c2cnccn2)ccc(C)c1C. The molecule has 0 bridgehead atoms. The number of aryl methyl sites for hydroxylation is 1. The Bertz CT molecular complexity index is 541. The average Bonchev–Trinajstić information content (AvgIpc) is 2.42. The molecule has 1 aromatic carbocycles. The van der Waals surface area contributed by atoms with Crippen LogP contribution in [0.1, 0.15) is 28.5 Å². The quantitative estimate of drug-likeness (QED) is 0.899. The third kappa shape index (κ3) is 2.19. The molecule has 1 heterocycles. The Hall–Kier alpha value is -1.94. The summed E-state index contributed by atoms with van der Waals surface area (Å²) in [4.78, 5) is 8.08. The van der Waals surface area contributed by atoms with Gasteiger partial charge in [0.1, 0.15) is 11.9 Å². The number of nitrogens with zero attached hydrogens (tertiary/aromatic N) is 2. The molecule has 0 radical (unpaired) electrons. The number of aliphatic hydroxyl groups is 1. The van der Waals surface area contributed by atoms with E-state index in [1.165, 1.54) is 0 Å². The van der Waals surface area contributed by atoms with Crippen molar-refractivity contribution in [3.8, 4) is 5.75 Å².